The van der Waals surface area contributed by atoms with Crippen molar-refractivity contribution in [1.29, 1.82) is 0 Å². The van der Waals surface area contributed by atoms with Crippen LogP contribution in [-0.2, 0) is 16.0 Å². The molecule has 2 atom stereocenters. The van der Waals surface area contributed by atoms with E-state index in [0.717, 1.165) is 30.8 Å². The molecule has 2 aliphatic rings. The van der Waals surface area contributed by atoms with E-state index in [2.05, 4.69) is 4.90 Å². The van der Waals surface area contributed by atoms with Crippen molar-refractivity contribution in [2.75, 3.05) is 37.6 Å². The molecule has 6 heteroatoms. The topological polar surface area (TPSA) is 64.1 Å². The predicted molar refractivity (Wildman–Crippen MR) is 96.4 cm³/mol. The zero-order chi connectivity index (χ0) is 18.0. The number of carbonyl (C=O) groups excluding carboxylic acids is 2. The molecular weight excluding hydrogens is 318 g/mol. The molecule has 1 aromatic carbocycles. The maximum absolute atomic E-state index is 13.0. The molecule has 2 amide bonds. The Morgan fingerprint density at radius 2 is 1.88 bits per heavy atom. The maximum Gasteiger partial charge on any atom is 0.246 e. The van der Waals surface area contributed by atoms with Crippen LogP contribution in [0.2, 0.25) is 0 Å². The summed E-state index contributed by atoms with van der Waals surface area (Å²) < 4.78 is 0. The lowest BCUT2D eigenvalue weighted by atomic mass is 10.1. The summed E-state index contributed by atoms with van der Waals surface area (Å²) in [5.41, 5.74) is 1.92. The molecule has 1 unspecified atom stereocenters. The number of aliphatic hydroxyl groups excluding tert-OH is 1. The largest absolute Gasteiger partial charge is 0.392 e. The normalized spacial score (nSPS) is 22.0. The summed E-state index contributed by atoms with van der Waals surface area (Å²) >= 11 is 0. The summed E-state index contributed by atoms with van der Waals surface area (Å²) in [6, 6.07) is 7.32. The fourth-order valence-corrected chi connectivity index (χ4v) is 3.76. The number of fused-ring (bicyclic) bond motifs is 1. The number of piperazine rings is 1. The maximum atomic E-state index is 13.0. The van der Waals surface area contributed by atoms with Crippen LogP contribution in [0.1, 0.15) is 25.8 Å². The first-order valence-corrected chi connectivity index (χ1v) is 9.08. The van der Waals surface area contributed by atoms with Crippen LogP contribution < -0.4 is 4.90 Å². The molecular formula is C19H27N3O3. The summed E-state index contributed by atoms with van der Waals surface area (Å²) in [4.78, 5) is 30.9. The van der Waals surface area contributed by atoms with Gasteiger partial charge < -0.3 is 10.0 Å². The van der Waals surface area contributed by atoms with Gasteiger partial charge in [-0.2, -0.15) is 0 Å². The van der Waals surface area contributed by atoms with E-state index in [1.54, 1.807) is 4.90 Å². The standard InChI is InChI=1S/C19H27N3O3/c1-3-16(24)13-20-8-10-21(11-9-20)19(25)18-12-15-6-4-5-7-17(15)22(18)14(2)23/h4-7,16,18,24H,3,8-13H2,1-2H3/t16?,18-/m0/s1. The Balaban J connectivity index is 1.65. The van der Waals surface area contributed by atoms with E-state index < -0.39 is 6.04 Å². The minimum absolute atomic E-state index is 0.0297. The van der Waals surface area contributed by atoms with Crippen LogP contribution in [0.15, 0.2) is 24.3 Å². The van der Waals surface area contributed by atoms with Gasteiger partial charge in [0.1, 0.15) is 6.04 Å². The Labute approximate surface area is 149 Å². The van der Waals surface area contributed by atoms with Gasteiger partial charge in [0.25, 0.3) is 0 Å². The molecule has 1 fully saturated rings. The smallest absolute Gasteiger partial charge is 0.246 e. The SMILES string of the molecule is CCC(O)CN1CCN(C(=O)[C@@H]2Cc3ccccc3N2C(C)=O)CC1. The first kappa shape index (κ1) is 17.9. The summed E-state index contributed by atoms with van der Waals surface area (Å²) in [6.07, 6.45) is 1.02. The van der Waals surface area contributed by atoms with Crippen LogP contribution in [0.25, 0.3) is 0 Å². The molecule has 2 aliphatic heterocycles. The van der Waals surface area contributed by atoms with Crippen LogP contribution in [0.3, 0.4) is 0 Å². The second-order valence-electron chi connectivity index (χ2n) is 6.93. The fourth-order valence-electron chi connectivity index (χ4n) is 3.76. The zero-order valence-corrected chi connectivity index (χ0v) is 15.0. The van der Waals surface area contributed by atoms with Gasteiger partial charge in [0.15, 0.2) is 0 Å². The van der Waals surface area contributed by atoms with E-state index in [0.29, 0.717) is 26.1 Å². The molecule has 1 saturated heterocycles. The van der Waals surface area contributed by atoms with Crippen LogP contribution in [0, 0.1) is 0 Å². The minimum Gasteiger partial charge on any atom is -0.392 e. The Kier molecular flexibility index (Phi) is 5.39. The number of para-hydroxylation sites is 1. The summed E-state index contributed by atoms with van der Waals surface area (Å²) in [5.74, 6) is -0.0601. The number of carbonyl (C=O) groups is 2. The van der Waals surface area contributed by atoms with Gasteiger partial charge in [0, 0.05) is 51.8 Å². The first-order chi connectivity index (χ1) is 12.0. The van der Waals surface area contributed by atoms with Crippen LogP contribution in [-0.4, -0.2) is 71.6 Å². The zero-order valence-electron chi connectivity index (χ0n) is 15.0. The second kappa shape index (κ2) is 7.54. The van der Waals surface area contributed by atoms with E-state index >= 15 is 0 Å². The molecule has 25 heavy (non-hydrogen) atoms. The molecule has 0 radical (unpaired) electrons. The number of β-amino-alcohol motifs (C(OH)–C–C–N with tert-alkyl or cyclic N) is 1. The van der Waals surface area contributed by atoms with E-state index in [-0.39, 0.29) is 17.9 Å². The molecule has 0 aliphatic carbocycles. The lowest BCUT2D eigenvalue weighted by Gasteiger charge is -2.37. The number of hydrogen-bond acceptors (Lipinski definition) is 4. The number of benzene rings is 1. The Bertz CT molecular complexity index is 641. The number of rotatable bonds is 4. The Morgan fingerprint density at radius 3 is 2.52 bits per heavy atom. The molecule has 0 spiro atoms. The monoisotopic (exact) mass is 345 g/mol. The van der Waals surface area contributed by atoms with Crippen molar-refractivity contribution in [2.24, 2.45) is 0 Å². The van der Waals surface area contributed by atoms with E-state index in [9.17, 15) is 14.7 Å². The van der Waals surface area contributed by atoms with Crippen LogP contribution in [0.4, 0.5) is 5.69 Å². The minimum atomic E-state index is -0.428. The van der Waals surface area contributed by atoms with Crippen LogP contribution >= 0.6 is 0 Å². The second-order valence-corrected chi connectivity index (χ2v) is 6.93. The average Bonchev–Trinajstić information content (AvgIpc) is 3.01. The third-order valence-electron chi connectivity index (χ3n) is 5.22. The molecule has 1 aromatic rings. The molecule has 136 valence electrons. The lowest BCUT2D eigenvalue weighted by molar-refractivity contribution is -0.135. The summed E-state index contributed by atoms with van der Waals surface area (Å²) in [5, 5.41) is 9.79. The summed E-state index contributed by atoms with van der Waals surface area (Å²) in [6.45, 7) is 6.98. The van der Waals surface area contributed by atoms with E-state index in [1.165, 1.54) is 6.92 Å². The third-order valence-corrected chi connectivity index (χ3v) is 5.22. The third kappa shape index (κ3) is 3.70. The number of nitrogens with zero attached hydrogens (tertiary/aromatic N) is 3. The average molecular weight is 345 g/mol. The van der Waals surface area contributed by atoms with Crippen molar-refractivity contribution < 1.29 is 14.7 Å². The number of anilines is 1. The van der Waals surface area contributed by atoms with Crippen molar-refractivity contribution >= 4 is 17.5 Å². The summed E-state index contributed by atoms with van der Waals surface area (Å²) in [7, 11) is 0. The highest BCUT2D eigenvalue weighted by Gasteiger charge is 2.39. The van der Waals surface area contributed by atoms with Crippen LogP contribution in [0.5, 0.6) is 0 Å². The Morgan fingerprint density at radius 1 is 1.20 bits per heavy atom. The van der Waals surface area contributed by atoms with Gasteiger partial charge in [-0.3, -0.25) is 19.4 Å². The van der Waals surface area contributed by atoms with E-state index in [4.69, 9.17) is 0 Å². The predicted octanol–water partition coefficient (Wildman–Crippen LogP) is 0.879. The van der Waals surface area contributed by atoms with Crippen molar-refractivity contribution in [1.82, 2.24) is 9.80 Å². The van der Waals surface area contributed by atoms with E-state index in [1.807, 2.05) is 36.1 Å². The van der Waals surface area contributed by atoms with Crippen molar-refractivity contribution in [3.05, 3.63) is 29.8 Å². The van der Waals surface area contributed by atoms with Crippen molar-refractivity contribution in [3.63, 3.8) is 0 Å². The molecule has 6 nitrogen and oxygen atoms in total. The van der Waals surface area contributed by atoms with Gasteiger partial charge in [-0.1, -0.05) is 25.1 Å². The molecule has 3 rings (SSSR count). The lowest BCUT2D eigenvalue weighted by Crippen LogP contribution is -2.55. The molecule has 1 N–H and O–H groups in total. The highest BCUT2D eigenvalue weighted by atomic mass is 16.3. The van der Waals surface area contributed by atoms with Crippen molar-refractivity contribution in [3.8, 4) is 0 Å². The molecule has 0 bridgehead atoms. The van der Waals surface area contributed by atoms with Crippen molar-refractivity contribution in [2.45, 2.75) is 38.8 Å². The van der Waals surface area contributed by atoms with Gasteiger partial charge in [-0.05, 0) is 18.1 Å². The molecule has 2 heterocycles. The quantitative estimate of drug-likeness (QED) is 0.880. The number of amides is 2. The highest BCUT2D eigenvalue weighted by molar-refractivity contribution is 6.02. The molecule has 0 aromatic heterocycles. The van der Waals surface area contributed by atoms with Gasteiger partial charge in [-0.15, -0.1) is 0 Å². The van der Waals surface area contributed by atoms with Gasteiger partial charge >= 0.3 is 0 Å². The number of aliphatic hydroxyl groups is 1. The Hall–Kier alpha value is -1.92. The first-order valence-electron chi connectivity index (χ1n) is 9.08. The fraction of sp³-hybridized carbons (Fsp3) is 0.579. The highest BCUT2D eigenvalue weighted by Crippen LogP contribution is 2.33. The molecule has 0 saturated carbocycles. The van der Waals surface area contributed by atoms with Gasteiger partial charge in [0.2, 0.25) is 11.8 Å². The van der Waals surface area contributed by atoms with Gasteiger partial charge in [-0.25, -0.2) is 0 Å². The number of hydrogen-bond donors (Lipinski definition) is 1. The van der Waals surface area contributed by atoms with Gasteiger partial charge in [0.05, 0.1) is 6.10 Å².